The first-order valence-electron chi connectivity index (χ1n) is 5.79. The summed E-state index contributed by atoms with van der Waals surface area (Å²) in [6, 6.07) is 0. The number of carbonyl (C=O) groups is 1. The van der Waals surface area contributed by atoms with Gasteiger partial charge in [-0.05, 0) is 13.3 Å². The maximum absolute atomic E-state index is 12.0. The fourth-order valence-corrected chi connectivity index (χ4v) is 3.14. The average Bonchev–Trinajstić information content (AvgIpc) is 2.95. The fraction of sp³-hybridized carbons (Fsp3) is 0.600. The number of rotatable bonds is 5. The molecule has 2 heterocycles. The minimum Gasteiger partial charge on any atom is -0.478 e. The molecule has 2 atom stereocenters. The SMILES string of the molecule is CC1OCCC1CNS(=O)(=O)c1[nH]ncc1C(=O)O. The molecule has 1 aromatic rings. The van der Waals surface area contributed by atoms with E-state index in [0.717, 1.165) is 12.6 Å². The molecule has 1 aliphatic rings. The average molecular weight is 289 g/mol. The number of H-pyrrole nitrogens is 1. The van der Waals surface area contributed by atoms with Gasteiger partial charge in [0.2, 0.25) is 0 Å². The molecule has 2 rings (SSSR count). The van der Waals surface area contributed by atoms with Crippen LogP contribution in [0.2, 0.25) is 0 Å². The quantitative estimate of drug-likeness (QED) is 0.691. The van der Waals surface area contributed by atoms with Crippen LogP contribution in [0.1, 0.15) is 23.7 Å². The van der Waals surface area contributed by atoms with Crippen LogP contribution >= 0.6 is 0 Å². The van der Waals surface area contributed by atoms with Crippen molar-refractivity contribution >= 4 is 16.0 Å². The first kappa shape index (κ1) is 14.0. The molecule has 19 heavy (non-hydrogen) atoms. The zero-order valence-corrected chi connectivity index (χ0v) is 11.1. The number of carboxylic acids is 1. The Balaban J connectivity index is 2.10. The van der Waals surface area contributed by atoms with Gasteiger partial charge in [-0.1, -0.05) is 0 Å². The van der Waals surface area contributed by atoms with Gasteiger partial charge < -0.3 is 9.84 Å². The Kier molecular flexibility index (Phi) is 3.88. The highest BCUT2D eigenvalue weighted by Crippen LogP contribution is 2.20. The van der Waals surface area contributed by atoms with E-state index in [1.54, 1.807) is 0 Å². The normalized spacial score (nSPS) is 23.6. The first-order valence-corrected chi connectivity index (χ1v) is 7.28. The Bertz CT molecular complexity index is 567. The van der Waals surface area contributed by atoms with Crippen LogP contribution in [0.3, 0.4) is 0 Å². The van der Waals surface area contributed by atoms with Gasteiger partial charge in [0, 0.05) is 19.1 Å². The zero-order chi connectivity index (χ0) is 14.0. The van der Waals surface area contributed by atoms with E-state index in [1.165, 1.54) is 0 Å². The summed E-state index contributed by atoms with van der Waals surface area (Å²) in [6.07, 6.45) is 1.74. The van der Waals surface area contributed by atoms with Crippen molar-refractivity contribution in [1.29, 1.82) is 0 Å². The van der Waals surface area contributed by atoms with Crippen molar-refractivity contribution in [2.45, 2.75) is 24.5 Å². The van der Waals surface area contributed by atoms with E-state index in [0.29, 0.717) is 6.61 Å². The zero-order valence-electron chi connectivity index (χ0n) is 10.3. The molecule has 0 aromatic carbocycles. The molecule has 0 amide bonds. The Morgan fingerprint density at radius 2 is 2.42 bits per heavy atom. The molecule has 3 N–H and O–H groups in total. The summed E-state index contributed by atoms with van der Waals surface area (Å²) in [4.78, 5) is 10.9. The van der Waals surface area contributed by atoms with Gasteiger partial charge in [0.1, 0.15) is 5.56 Å². The number of aromatic carboxylic acids is 1. The Labute approximate surface area is 110 Å². The highest BCUT2D eigenvalue weighted by molar-refractivity contribution is 7.89. The second kappa shape index (κ2) is 5.27. The van der Waals surface area contributed by atoms with Crippen molar-refractivity contribution in [1.82, 2.24) is 14.9 Å². The first-order chi connectivity index (χ1) is 8.92. The van der Waals surface area contributed by atoms with E-state index in [2.05, 4.69) is 14.9 Å². The van der Waals surface area contributed by atoms with Gasteiger partial charge in [0.25, 0.3) is 10.0 Å². The number of hydrogen-bond acceptors (Lipinski definition) is 5. The molecule has 106 valence electrons. The van der Waals surface area contributed by atoms with Crippen molar-refractivity contribution in [3.63, 3.8) is 0 Å². The van der Waals surface area contributed by atoms with Crippen molar-refractivity contribution < 1.29 is 23.1 Å². The molecule has 0 aliphatic carbocycles. The molecule has 9 heteroatoms. The van der Waals surface area contributed by atoms with Crippen LogP contribution in [0.4, 0.5) is 0 Å². The molecule has 0 spiro atoms. The lowest BCUT2D eigenvalue weighted by atomic mass is 10.0. The van der Waals surface area contributed by atoms with Crippen LogP contribution in [0, 0.1) is 5.92 Å². The predicted molar refractivity (Wildman–Crippen MR) is 64.3 cm³/mol. The Morgan fingerprint density at radius 3 is 3.00 bits per heavy atom. The molecule has 0 bridgehead atoms. The van der Waals surface area contributed by atoms with Crippen molar-refractivity contribution in [3.05, 3.63) is 11.8 Å². The van der Waals surface area contributed by atoms with E-state index in [9.17, 15) is 13.2 Å². The number of nitrogens with one attached hydrogen (secondary N) is 2. The number of aromatic nitrogens is 2. The van der Waals surface area contributed by atoms with E-state index in [-0.39, 0.29) is 24.1 Å². The maximum atomic E-state index is 12.0. The van der Waals surface area contributed by atoms with Gasteiger partial charge >= 0.3 is 5.97 Å². The van der Waals surface area contributed by atoms with Crippen molar-refractivity contribution in [2.75, 3.05) is 13.2 Å². The van der Waals surface area contributed by atoms with Crippen LogP contribution in [-0.2, 0) is 14.8 Å². The van der Waals surface area contributed by atoms with E-state index < -0.39 is 21.0 Å². The highest BCUT2D eigenvalue weighted by atomic mass is 32.2. The molecular weight excluding hydrogens is 274 g/mol. The topological polar surface area (TPSA) is 121 Å². The van der Waals surface area contributed by atoms with Gasteiger partial charge in [-0.2, -0.15) is 5.10 Å². The third kappa shape index (κ3) is 2.94. The largest absolute Gasteiger partial charge is 0.478 e. The lowest BCUT2D eigenvalue weighted by molar-refractivity contribution is 0.0692. The number of nitrogens with zero attached hydrogens (tertiary/aromatic N) is 1. The summed E-state index contributed by atoms with van der Waals surface area (Å²) in [5.41, 5.74) is -0.372. The van der Waals surface area contributed by atoms with Crippen LogP contribution in [0.15, 0.2) is 11.2 Å². The second-order valence-electron chi connectivity index (χ2n) is 4.39. The number of carboxylic acid groups (broad SMARTS) is 1. The third-order valence-corrected chi connectivity index (χ3v) is 4.57. The van der Waals surface area contributed by atoms with Gasteiger partial charge in [-0.25, -0.2) is 17.9 Å². The summed E-state index contributed by atoms with van der Waals surface area (Å²) in [6.45, 7) is 2.70. The molecule has 0 saturated carbocycles. The highest BCUT2D eigenvalue weighted by Gasteiger charge is 2.29. The summed E-state index contributed by atoms with van der Waals surface area (Å²) in [5, 5.41) is 14.1. The molecule has 1 fully saturated rings. The molecule has 1 aliphatic heterocycles. The lowest BCUT2D eigenvalue weighted by Crippen LogP contribution is -2.33. The van der Waals surface area contributed by atoms with E-state index in [1.807, 2.05) is 6.92 Å². The van der Waals surface area contributed by atoms with Gasteiger partial charge in [0.15, 0.2) is 5.03 Å². The van der Waals surface area contributed by atoms with E-state index >= 15 is 0 Å². The second-order valence-corrected chi connectivity index (χ2v) is 6.10. The number of sulfonamides is 1. The van der Waals surface area contributed by atoms with Crippen LogP contribution < -0.4 is 4.72 Å². The standard InChI is InChI=1S/C10H15N3O5S/c1-6-7(2-3-18-6)4-12-19(16,17)9-8(10(14)15)5-11-13-9/h5-7,12H,2-4H2,1H3,(H,11,13)(H,14,15). The van der Waals surface area contributed by atoms with Gasteiger partial charge in [-0.15, -0.1) is 0 Å². The maximum Gasteiger partial charge on any atom is 0.340 e. The summed E-state index contributed by atoms with van der Waals surface area (Å²) < 4.78 is 31.7. The van der Waals surface area contributed by atoms with Crippen LogP contribution in [0.25, 0.3) is 0 Å². The molecule has 2 unspecified atom stereocenters. The summed E-state index contributed by atoms with van der Waals surface area (Å²) in [7, 11) is -3.91. The van der Waals surface area contributed by atoms with Gasteiger partial charge in [-0.3, -0.25) is 5.10 Å². The smallest absolute Gasteiger partial charge is 0.340 e. The van der Waals surface area contributed by atoms with Gasteiger partial charge in [0.05, 0.1) is 12.3 Å². The van der Waals surface area contributed by atoms with Crippen molar-refractivity contribution in [2.24, 2.45) is 5.92 Å². The lowest BCUT2D eigenvalue weighted by Gasteiger charge is -2.14. The minimum atomic E-state index is -3.91. The number of ether oxygens (including phenoxy) is 1. The molecule has 0 radical (unpaired) electrons. The number of aromatic amines is 1. The van der Waals surface area contributed by atoms with Crippen molar-refractivity contribution in [3.8, 4) is 0 Å². The molecule has 1 aromatic heterocycles. The number of hydrogen-bond donors (Lipinski definition) is 3. The van der Waals surface area contributed by atoms with E-state index in [4.69, 9.17) is 9.84 Å². The Morgan fingerprint density at radius 1 is 1.68 bits per heavy atom. The summed E-state index contributed by atoms with van der Waals surface area (Å²) in [5.74, 6) is -1.25. The monoisotopic (exact) mass is 289 g/mol. The fourth-order valence-electron chi connectivity index (χ4n) is 1.96. The van der Waals surface area contributed by atoms with Crippen LogP contribution in [0.5, 0.6) is 0 Å². The molecular formula is C10H15N3O5S. The van der Waals surface area contributed by atoms with Crippen LogP contribution in [-0.4, -0.2) is 48.9 Å². The minimum absolute atomic E-state index is 0.0107. The predicted octanol–water partition coefficient (Wildman–Crippen LogP) is -0.189. The Hall–Kier alpha value is -1.45. The summed E-state index contributed by atoms with van der Waals surface area (Å²) >= 11 is 0. The molecule has 1 saturated heterocycles. The third-order valence-electron chi connectivity index (χ3n) is 3.17. The molecule has 8 nitrogen and oxygen atoms in total.